The van der Waals surface area contributed by atoms with Crippen LogP contribution in [-0.2, 0) is 9.57 Å². The number of aliphatic hydroxyl groups is 4. The lowest BCUT2D eigenvalue weighted by molar-refractivity contribution is -0.320. The van der Waals surface area contributed by atoms with E-state index in [1.165, 1.54) is 19.2 Å². The van der Waals surface area contributed by atoms with Gasteiger partial charge >= 0.3 is 0 Å². The lowest BCUT2D eigenvalue weighted by atomic mass is 9.98. The SMILES string of the molecule is CON(C)[C@@H]1OC(CO)[C@H](O)[C@@H](O)C1O. The largest absolute Gasteiger partial charge is 0.394 e. The van der Waals surface area contributed by atoms with Gasteiger partial charge in [-0.3, -0.25) is 4.84 Å². The number of hydrogen-bond acceptors (Lipinski definition) is 7. The summed E-state index contributed by atoms with van der Waals surface area (Å²) >= 11 is 0. The Morgan fingerprint density at radius 3 is 2.27 bits per heavy atom. The molecular weight excluding hydrogens is 206 g/mol. The molecule has 0 aromatic carbocycles. The van der Waals surface area contributed by atoms with E-state index in [0.717, 1.165) is 0 Å². The van der Waals surface area contributed by atoms with Crippen molar-refractivity contribution < 1.29 is 30.0 Å². The van der Waals surface area contributed by atoms with Gasteiger partial charge in [0.1, 0.15) is 24.4 Å². The van der Waals surface area contributed by atoms with E-state index in [9.17, 15) is 15.3 Å². The van der Waals surface area contributed by atoms with Crippen molar-refractivity contribution in [3.8, 4) is 0 Å². The number of rotatable bonds is 3. The maximum Gasteiger partial charge on any atom is 0.161 e. The Kier molecular flexibility index (Phi) is 4.41. The lowest BCUT2D eigenvalue weighted by Crippen LogP contribution is -2.62. The summed E-state index contributed by atoms with van der Waals surface area (Å²) < 4.78 is 5.17. The highest BCUT2D eigenvalue weighted by molar-refractivity contribution is 4.90. The molecule has 1 heterocycles. The Morgan fingerprint density at radius 1 is 1.20 bits per heavy atom. The van der Waals surface area contributed by atoms with Crippen molar-refractivity contribution in [2.24, 2.45) is 0 Å². The molecule has 0 aromatic rings. The minimum Gasteiger partial charge on any atom is -0.394 e. The molecule has 0 spiro atoms. The van der Waals surface area contributed by atoms with Gasteiger partial charge in [-0.15, -0.1) is 0 Å². The molecule has 1 aliphatic heterocycles. The quantitative estimate of drug-likeness (QED) is 0.385. The fourth-order valence-corrected chi connectivity index (χ4v) is 1.49. The van der Waals surface area contributed by atoms with Gasteiger partial charge < -0.3 is 25.2 Å². The molecule has 90 valence electrons. The van der Waals surface area contributed by atoms with Gasteiger partial charge in [0.05, 0.1) is 13.7 Å². The summed E-state index contributed by atoms with van der Waals surface area (Å²) in [7, 11) is 2.88. The summed E-state index contributed by atoms with van der Waals surface area (Å²) in [6.07, 6.45) is -5.85. The van der Waals surface area contributed by atoms with Crippen LogP contribution in [0.1, 0.15) is 0 Å². The predicted octanol–water partition coefficient (Wildman–Crippen LogP) is -2.72. The monoisotopic (exact) mass is 223 g/mol. The molecule has 7 nitrogen and oxygen atoms in total. The van der Waals surface area contributed by atoms with Crippen molar-refractivity contribution in [2.75, 3.05) is 20.8 Å². The highest BCUT2D eigenvalue weighted by Crippen LogP contribution is 2.22. The topological polar surface area (TPSA) is 103 Å². The fraction of sp³-hybridized carbons (Fsp3) is 1.00. The molecule has 1 aliphatic rings. The first-order valence-corrected chi connectivity index (χ1v) is 4.60. The minimum absolute atomic E-state index is 0.445. The Balaban J connectivity index is 2.74. The van der Waals surface area contributed by atoms with Crippen LogP contribution in [0.25, 0.3) is 0 Å². The van der Waals surface area contributed by atoms with Crippen LogP contribution < -0.4 is 0 Å². The summed E-state index contributed by atoms with van der Waals surface area (Å²) in [6.45, 7) is -0.445. The Hall–Kier alpha value is -0.280. The molecule has 1 saturated heterocycles. The summed E-state index contributed by atoms with van der Waals surface area (Å²) in [5.74, 6) is 0. The molecule has 7 heteroatoms. The Labute approximate surface area is 87.4 Å². The molecule has 0 bridgehead atoms. The van der Waals surface area contributed by atoms with Gasteiger partial charge in [-0.05, 0) is 0 Å². The number of hydrogen-bond donors (Lipinski definition) is 4. The maximum atomic E-state index is 9.58. The molecule has 1 fully saturated rings. The zero-order valence-electron chi connectivity index (χ0n) is 8.65. The summed E-state index contributed by atoms with van der Waals surface area (Å²) in [6, 6.07) is 0. The van der Waals surface area contributed by atoms with Gasteiger partial charge in [-0.25, -0.2) is 0 Å². The molecule has 5 atom stereocenters. The molecule has 4 N–H and O–H groups in total. The van der Waals surface area contributed by atoms with Crippen molar-refractivity contribution >= 4 is 0 Å². The number of likely N-dealkylation sites (N-methyl/N-ethyl adjacent to an activating group) is 1. The first-order chi connectivity index (χ1) is 7.02. The van der Waals surface area contributed by atoms with E-state index in [-0.39, 0.29) is 0 Å². The Morgan fingerprint density at radius 2 is 1.80 bits per heavy atom. The van der Waals surface area contributed by atoms with Crippen molar-refractivity contribution in [3.05, 3.63) is 0 Å². The van der Waals surface area contributed by atoms with Crippen LogP contribution in [0.3, 0.4) is 0 Å². The smallest absolute Gasteiger partial charge is 0.161 e. The van der Waals surface area contributed by atoms with E-state index < -0.39 is 37.3 Å². The number of hydroxylamine groups is 2. The van der Waals surface area contributed by atoms with Gasteiger partial charge in [0.25, 0.3) is 0 Å². The zero-order valence-corrected chi connectivity index (χ0v) is 8.65. The fourth-order valence-electron chi connectivity index (χ4n) is 1.49. The van der Waals surface area contributed by atoms with Gasteiger partial charge in [-0.2, -0.15) is 5.06 Å². The van der Waals surface area contributed by atoms with E-state index in [1.807, 2.05) is 0 Å². The van der Waals surface area contributed by atoms with Crippen LogP contribution in [0.15, 0.2) is 0 Å². The second-order valence-corrected chi connectivity index (χ2v) is 3.45. The third-order valence-corrected chi connectivity index (χ3v) is 2.51. The minimum atomic E-state index is -1.38. The summed E-state index contributed by atoms with van der Waals surface area (Å²) in [5.41, 5.74) is 0. The van der Waals surface area contributed by atoms with Crippen LogP contribution in [0.2, 0.25) is 0 Å². The van der Waals surface area contributed by atoms with E-state index in [4.69, 9.17) is 14.7 Å². The Bertz CT molecular complexity index is 202. The van der Waals surface area contributed by atoms with Crippen LogP contribution in [0.5, 0.6) is 0 Å². The molecule has 0 saturated carbocycles. The van der Waals surface area contributed by atoms with E-state index in [0.29, 0.717) is 0 Å². The maximum absolute atomic E-state index is 9.58. The molecule has 2 unspecified atom stereocenters. The highest BCUT2D eigenvalue weighted by Gasteiger charge is 2.45. The second kappa shape index (κ2) is 5.17. The highest BCUT2D eigenvalue weighted by atomic mass is 16.7. The summed E-state index contributed by atoms with van der Waals surface area (Å²) in [4.78, 5) is 4.81. The third kappa shape index (κ3) is 2.45. The zero-order chi connectivity index (χ0) is 11.6. The average Bonchev–Trinajstić information content (AvgIpc) is 2.25. The molecule has 0 aromatic heterocycles. The van der Waals surface area contributed by atoms with E-state index in [1.54, 1.807) is 0 Å². The molecular formula is C8H17NO6. The van der Waals surface area contributed by atoms with Crippen molar-refractivity contribution in [2.45, 2.75) is 30.6 Å². The van der Waals surface area contributed by atoms with Crippen molar-refractivity contribution in [3.63, 3.8) is 0 Å². The predicted molar refractivity (Wildman–Crippen MR) is 48.5 cm³/mol. The summed E-state index contributed by atoms with van der Waals surface area (Å²) in [5, 5.41) is 38.6. The van der Waals surface area contributed by atoms with Gasteiger partial charge in [-0.1, -0.05) is 0 Å². The normalized spacial score (nSPS) is 42.2. The van der Waals surface area contributed by atoms with Crippen molar-refractivity contribution in [1.82, 2.24) is 5.06 Å². The number of aliphatic hydroxyl groups excluding tert-OH is 4. The first kappa shape index (κ1) is 12.8. The third-order valence-electron chi connectivity index (χ3n) is 2.51. The van der Waals surface area contributed by atoms with Gasteiger partial charge in [0.2, 0.25) is 0 Å². The lowest BCUT2D eigenvalue weighted by Gasteiger charge is -2.42. The second-order valence-electron chi connectivity index (χ2n) is 3.45. The molecule has 1 rings (SSSR count). The molecule has 15 heavy (non-hydrogen) atoms. The standard InChI is InChI=1S/C8H17NO6/c1-9(14-2)8-7(13)6(12)5(11)4(3-10)15-8/h4-8,10-13H,3H2,1-2H3/t4?,5-,6+,7?,8+/m0/s1. The van der Waals surface area contributed by atoms with Gasteiger partial charge in [0.15, 0.2) is 6.23 Å². The average molecular weight is 223 g/mol. The van der Waals surface area contributed by atoms with Crippen molar-refractivity contribution in [1.29, 1.82) is 0 Å². The molecule has 0 radical (unpaired) electrons. The van der Waals surface area contributed by atoms with Crippen LogP contribution in [0, 0.1) is 0 Å². The van der Waals surface area contributed by atoms with Crippen LogP contribution in [0.4, 0.5) is 0 Å². The number of ether oxygens (including phenoxy) is 1. The van der Waals surface area contributed by atoms with E-state index in [2.05, 4.69) is 0 Å². The van der Waals surface area contributed by atoms with Gasteiger partial charge in [0, 0.05) is 7.05 Å². The van der Waals surface area contributed by atoms with Crippen LogP contribution >= 0.6 is 0 Å². The van der Waals surface area contributed by atoms with Crippen LogP contribution in [-0.4, -0.2) is 76.9 Å². The molecule has 0 aliphatic carbocycles. The number of nitrogens with zero attached hydrogens (tertiary/aromatic N) is 1. The van der Waals surface area contributed by atoms with E-state index >= 15 is 0 Å². The molecule has 0 amide bonds. The first-order valence-electron chi connectivity index (χ1n) is 4.60.